The molecular weight excluding hydrogens is 330 g/mol. The van der Waals surface area contributed by atoms with E-state index in [1.54, 1.807) is 22.9 Å². The van der Waals surface area contributed by atoms with E-state index in [0.717, 1.165) is 5.56 Å². The third-order valence-corrected chi connectivity index (χ3v) is 4.28. The summed E-state index contributed by atoms with van der Waals surface area (Å²) in [7, 11) is 1.76. The SMILES string of the molecule is CC(NC(=O)CN(C)CC(=O)N1CCOCC1)c1ccccc1Cl. The van der Waals surface area contributed by atoms with Gasteiger partial charge in [0, 0.05) is 18.1 Å². The molecule has 7 heteroatoms. The van der Waals surface area contributed by atoms with E-state index in [1.165, 1.54) is 0 Å². The third-order valence-electron chi connectivity index (χ3n) is 3.93. The Morgan fingerprint density at radius 1 is 1.29 bits per heavy atom. The van der Waals surface area contributed by atoms with E-state index in [4.69, 9.17) is 16.3 Å². The molecule has 0 saturated carbocycles. The minimum absolute atomic E-state index is 0.0211. The van der Waals surface area contributed by atoms with Gasteiger partial charge in [0.1, 0.15) is 0 Å². The second kappa shape index (κ2) is 9.01. The second-order valence-electron chi connectivity index (χ2n) is 5.98. The molecule has 2 rings (SSSR count). The molecule has 2 amide bonds. The molecule has 1 aromatic carbocycles. The molecule has 0 spiro atoms. The Hall–Kier alpha value is -1.63. The van der Waals surface area contributed by atoms with Gasteiger partial charge in [-0.1, -0.05) is 29.8 Å². The van der Waals surface area contributed by atoms with Crippen LogP contribution in [-0.2, 0) is 14.3 Å². The number of morpholine rings is 1. The third kappa shape index (κ3) is 5.47. The van der Waals surface area contributed by atoms with E-state index in [9.17, 15) is 9.59 Å². The molecule has 1 aliphatic rings. The van der Waals surface area contributed by atoms with Gasteiger partial charge in [0.05, 0.1) is 32.3 Å². The van der Waals surface area contributed by atoms with Crippen molar-refractivity contribution in [2.24, 2.45) is 0 Å². The van der Waals surface area contributed by atoms with Gasteiger partial charge in [-0.15, -0.1) is 0 Å². The number of benzene rings is 1. The highest BCUT2D eigenvalue weighted by Gasteiger charge is 2.20. The number of nitrogens with zero attached hydrogens (tertiary/aromatic N) is 2. The Labute approximate surface area is 147 Å². The van der Waals surface area contributed by atoms with Crippen LogP contribution in [0.3, 0.4) is 0 Å². The number of amides is 2. The smallest absolute Gasteiger partial charge is 0.236 e. The summed E-state index contributed by atoms with van der Waals surface area (Å²) in [5, 5.41) is 3.54. The van der Waals surface area contributed by atoms with Crippen molar-refractivity contribution in [2.75, 3.05) is 46.4 Å². The van der Waals surface area contributed by atoms with E-state index in [0.29, 0.717) is 31.3 Å². The number of hydrogen-bond acceptors (Lipinski definition) is 4. The highest BCUT2D eigenvalue weighted by Crippen LogP contribution is 2.21. The lowest BCUT2D eigenvalue weighted by Crippen LogP contribution is -2.46. The Morgan fingerprint density at radius 2 is 1.96 bits per heavy atom. The molecule has 6 nitrogen and oxygen atoms in total. The van der Waals surface area contributed by atoms with Crippen LogP contribution in [0.2, 0.25) is 5.02 Å². The van der Waals surface area contributed by atoms with Crippen molar-refractivity contribution >= 4 is 23.4 Å². The summed E-state index contributed by atoms with van der Waals surface area (Å²) in [6, 6.07) is 7.24. The predicted octanol–water partition coefficient (Wildman–Crippen LogP) is 1.31. The van der Waals surface area contributed by atoms with Crippen LogP contribution in [0, 0.1) is 0 Å². The minimum atomic E-state index is -0.186. The maximum Gasteiger partial charge on any atom is 0.236 e. The van der Waals surface area contributed by atoms with E-state index in [1.807, 2.05) is 25.1 Å². The van der Waals surface area contributed by atoms with Gasteiger partial charge in [0.25, 0.3) is 0 Å². The standard InChI is InChI=1S/C17H24ClN3O3/c1-13(14-5-3-4-6-15(14)18)19-16(22)11-20(2)12-17(23)21-7-9-24-10-8-21/h3-6,13H,7-12H2,1-2H3,(H,19,22). The number of carbonyl (C=O) groups excluding carboxylic acids is 2. The van der Waals surface area contributed by atoms with Gasteiger partial charge in [0.2, 0.25) is 11.8 Å². The zero-order valence-electron chi connectivity index (χ0n) is 14.1. The van der Waals surface area contributed by atoms with Crippen molar-refractivity contribution in [3.8, 4) is 0 Å². The molecule has 0 aliphatic carbocycles. The highest BCUT2D eigenvalue weighted by molar-refractivity contribution is 6.31. The maximum absolute atomic E-state index is 12.2. The lowest BCUT2D eigenvalue weighted by molar-refractivity contribution is -0.136. The van der Waals surface area contributed by atoms with Crippen molar-refractivity contribution in [1.29, 1.82) is 0 Å². The Morgan fingerprint density at radius 3 is 2.62 bits per heavy atom. The molecule has 1 aromatic rings. The zero-order valence-corrected chi connectivity index (χ0v) is 14.9. The van der Waals surface area contributed by atoms with E-state index in [-0.39, 0.29) is 30.9 Å². The summed E-state index contributed by atoms with van der Waals surface area (Å²) in [6.07, 6.45) is 0. The fourth-order valence-corrected chi connectivity index (χ4v) is 2.94. The fourth-order valence-electron chi connectivity index (χ4n) is 2.64. The second-order valence-corrected chi connectivity index (χ2v) is 6.38. The van der Waals surface area contributed by atoms with Gasteiger partial charge >= 0.3 is 0 Å². The summed E-state index contributed by atoms with van der Waals surface area (Å²) in [6.45, 7) is 4.64. The summed E-state index contributed by atoms with van der Waals surface area (Å²) in [5.74, 6) is -0.118. The van der Waals surface area contributed by atoms with Crippen LogP contribution in [0.4, 0.5) is 0 Å². The van der Waals surface area contributed by atoms with E-state index in [2.05, 4.69) is 5.32 Å². The summed E-state index contributed by atoms with van der Waals surface area (Å²) in [5.41, 5.74) is 0.875. The molecule has 1 N–H and O–H groups in total. The van der Waals surface area contributed by atoms with Gasteiger partial charge < -0.3 is 15.0 Å². The van der Waals surface area contributed by atoms with E-state index < -0.39 is 0 Å². The van der Waals surface area contributed by atoms with Crippen LogP contribution < -0.4 is 5.32 Å². The molecule has 0 radical (unpaired) electrons. The number of rotatable bonds is 6. The summed E-state index contributed by atoms with van der Waals surface area (Å²) < 4.78 is 5.23. The van der Waals surface area contributed by atoms with Crippen molar-refractivity contribution in [3.63, 3.8) is 0 Å². The Kier molecular flexibility index (Phi) is 7.02. The maximum atomic E-state index is 12.2. The molecule has 132 valence electrons. The first kappa shape index (κ1) is 18.7. The fraction of sp³-hybridized carbons (Fsp3) is 0.529. The first-order valence-electron chi connectivity index (χ1n) is 8.05. The summed E-state index contributed by atoms with van der Waals surface area (Å²) in [4.78, 5) is 27.8. The topological polar surface area (TPSA) is 61.9 Å². The molecule has 0 aromatic heterocycles. The van der Waals surface area contributed by atoms with Crippen LogP contribution in [0.15, 0.2) is 24.3 Å². The quantitative estimate of drug-likeness (QED) is 0.837. The summed E-state index contributed by atoms with van der Waals surface area (Å²) >= 11 is 6.14. The normalized spacial score (nSPS) is 16.1. The van der Waals surface area contributed by atoms with Crippen LogP contribution >= 0.6 is 11.6 Å². The number of hydrogen-bond donors (Lipinski definition) is 1. The molecule has 1 aliphatic heterocycles. The largest absolute Gasteiger partial charge is 0.378 e. The average Bonchev–Trinajstić information content (AvgIpc) is 2.55. The average molecular weight is 354 g/mol. The van der Waals surface area contributed by atoms with Gasteiger partial charge in [-0.25, -0.2) is 0 Å². The van der Waals surface area contributed by atoms with Crippen LogP contribution in [0.5, 0.6) is 0 Å². The lowest BCUT2D eigenvalue weighted by Gasteiger charge is -2.28. The van der Waals surface area contributed by atoms with Crippen LogP contribution in [0.1, 0.15) is 18.5 Å². The predicted molar refractivity (Wildman–Crippen MR) is 92.9 cm³/mol. The molecule has 1 unspecified atom stereocenters. The van der Waals surface area contributed by atoms with Crippen LogP contribution in [0.25, 0.3) is 0 Å². The number of nitrogens with one attached hydrogen (secondary N) is 1. The first-order chi connectivity index (χ1) is 11.5. The van der Waals surface area contributed by atoms with Crippen molar-refractivity contribution < 1.29 is 14.3 Å². The number of likely N-dealkylation sites (N-methyl/N-ethyl adjacent to an activating group) is 1. The zero-order chi connectivity index (χ0) is 17.5. The molecule has 1 heterocycles. The first-order valence-corrected chi connectivity index (χ1v) is 8.43. The van der Waals surface area contributed by atoms with Crippen molar-refractivity contribution in [1.82, 2.24) is 15.1 Å². The van der Waals surface area contributed by atoms with Crippen molar-refractivity contribution in [2.45, 2.75) is 13.0 Å². The Bertz CT molecular complexity index is 576. The molecule has 1 atom stereocenters. The van der Waals surface area contributed by atoms with Gasteiger partial charge in [-0.05, 0) is 25.6 Å². The molecule has 1 saturated heterocycles. The van der Waals surface area contributed by atoms with Gasteiger partial charge in [-0.3, -0.25) is 14.5 Å². The highest BCUT2D eigenvalue weighted by atomic mass is 35.5. The number of carbonyl (C=O) groups is 2. The van der Waals surface area contributed by atoms with Crippen molar-refractivity contribution in [3.05, 3.63) is 34.9 Å². The van der Waals surface area contributed by atoms with Crippen LogP contribution in [-0.4, -0.2) is 68.1 Å². The number of halogens is 1. The molecule has 0 bridgehead atoms. The molecular formula is C17H24ClN3O3. The lowest BCUT2D eigenvalue weighted by atomic mass is 10.1. The minimum Gasteiger partial charge on any atom is -0.378 e. The van der Waals surface area contributed by atoms with Gasteiger partial charge in [-0.2, -0.15) is 0 Å². The number of ether oxygens (including phenoxy) is 1. The molecule has 1 fully saturated rings. The van der Waals surface area contributed by atoms with E-state index >= 15 is 0 Å². The van der Waals surface area contributed by atoms with Gasteiger partial charge in [0.15, 0.2) is 0 Å². The monoisotopic (exact) mass is 353 g/mol. The molecule has 24 heavy (non-hydrogen) atoms. The Balaban J connectivity index is 1.78.